The molecule has 1 saturated heterocycles. The lowest BCUT2D eigenvalue weighted by atomic mass is 9.96. The zero-order valence-corrected chi connectivity index (χ0v) is 14.7. The molecule has 1 aromatic heterocycles. The van der Waals surface area contributed by atoms with Crippen LogP contribution in [0.1, 0.15) is 49.3 Å². The first-order valence-electron chi connectivity index (χ1n) is 8.50. The van der Waals surface area contributed by atoms with Crippen LogP contribution in [0.3, 0.4) is 0 Å². The van der Waals surface area contributed by atoms with Crippen molar-refractivity contribution in [1.29, 1.82) is 0 Å². The van der Waals surface area contributed by atoms with E-state index in [0.29, 0.717) is 13.0 Å². The van der Waals surface area contributed by atoms with Crippen LogP contribution in [0, 0.1) is 6.92 Å². The van der Waals surface area contributed by atoms with E-state index in [4.69, 9.17) is 5.73 Å². The number of rotatable bonds is 6. The average Bonchev–Trinajstić information content (AvgIpc) is 2.57. The van der Waals surface area contributed by atoms with Crippen LogP contribution in [0.2, 0.25) is 0 Å². The summed E-state index contributed by atoms with van der Waals surface area (Å²) >= 11 is 0. The second kappa shape index (κ2) is 8.55. The van der Waals surface area contributed by atoms with Gasteiger partial charge in [-0.2, -0.15) is 0 Å². The molecule has 2 rings (SSSR count). The molecule has 1 fully saturated rings. The summed E-state index contributed by atoms with van der Waals surface area (Å²) < 4.78 is 0. The molecule has 25 heavy (non-hydrogen) atoms. The lowest BCUT2D eigenvalue weighted by Crippen LogP contribution is -2.38. The predicted octanol–water partition coefficient (Wildman–Crippen LogP) is 0.0450. The van der Waals surface area contributed by atoms with Gasteiger partial charge in [-0.15, -0.1) is 0 Å². The monoisotopic (exact) mass is 347 g/mol. The summed E-state index contributed by atoms with van der Waals surface area (Å²) in [6.07, 6.45) is 2.58. The fraction of sp³-hybridized carbons (Fsp3) is 0.588. The van der Waals surface area contributed by atoms with E-state index in [1.165, 1.54) is 0 Å². The molecule has 8 heteroatoms. The standard InChI is InChI=1S/C17H25N5O3/c1-11-8-14(5-6-16(25)19-9-15(18)24)21-17(20-11)13-4-3-7-22(10-13)12(2)23/h8,13H,3-7,9-10H2,1-2H3,(H2,18,24)(H,19,25)/t13-/m1/s1. The van der Waals surface area contributed by atoms with Crippen LogP contribution >= 0.6 is 0 Å². The average molecular weight is 347 g/mol. The predicted molar refractivity (Wildman–Crippen MR) is 91.5 cm³/mol. The molecule has 0 bridgehead atoms. The minimum absolute atomic E-state index is 0.0729. The molecular weight excluding hydrogens is 322 g/mol. The van der Waals surface area contributed by atoms with E-state index in [-0.39, 0.29) is 30.7 Å². The van der Waals surface area contributed by atoms with Crippen LogP contribution in [0.15, 0.2) is 6.07 Å². The molecule has 2 heterocycles. The third kappa shape index (κ3) is 5.81. The number of amides is 3. The van der Waals surface area contributed by atoms with Gasteiger partial charge in [-0.25, -0.2) is 9.97 Å². The zero-order valence-electron chi connectivity index (χ0n) is 14.7. The summed E-state index contributed by atoms with van der Waals surface area (Å²) in [5.74, 6) is 0.125. The summed E-state index contributed by atoms with van der Waals surface area (Å²) in [5.41, 5.74) is 6.63. The van der Waals surface area contributed by atoms with Crippen molar-refractivity contribution in [2.75, 3.05) is 19.6 Å². The number of aryl methyl sites for hydroxylation is 2. The number of carbonyl (C=O) groups excluding carboxylic acids is 3. The van der Waals surface area contributed by atoms with Gasteiger partial charge in [0.15, 0.2) is 0 Å². The van der Waals surface area contributed by atoms with Gasteiger partial charge in [0.25, 0.3) is 0 Å². The Morgan fingerprint density at radius 3 is 2.80 bits per heavy atom. The maximum Gasteiger partial charge on any atom is 0.236 e. The summed E-state index contributed by atoms with van der Waals surface area (Å²) in [6.45, 7) is 4.74. The Kier molecular flexibility index (Phi) is 6.44. The minimum atomic E-state index is -0.569. The van der Waals surface area contributed by atoms with Crippen LogP contribution in [0.4, 0.5) is 0 Å². The summed E-state index contributed by atoms with van der Waals surface area (Å²) in [5, 5.41) is 2.46. The molecule has 136 valence electrons. The molecule has 3 amide bonds. The molecule has 1 aliphatic rings. The number of aromatic nitrogens is 2. The van der Waals surface area contributed by atoms with Gasteiger partial charge in [0.1, 0.15) is 5.82 Å². The number of piperidine rings is 1. The van der Waals surface area contributed by atoms with Gasteiger partial charge in [0.2, 0.25) is 17.7 Å². The van der Waals surface area contributed by atoms with Crippen LogP contribution in [-0.4, -0.2) is 52.2 Å². The van der Waals surface area contributed by atoms with Crippen LogP contribution in [-0.2, 0) is 20.8 Å². The number of nitrogens with zero attached hydrogens (tertiary/aromatic N) is 3. The number of primary amides is 1. The number of carbonyl (C=O) groups is 3. The van der Waals surface area contributed by atoms with Crippen molar-refractivity contribution in [3.8, 4) is 0 Å². The highest BCUT2D eigenvalue weighted by Crippen LogP contribution is 2.25. The maximum atomic E-state index is 11.7. The first-order chi connectivity index (χ1) is 11.8. The highest BCUT2D eigenvalue weighted by molar-refractivity contribution is 5.83. The van der Waals surface area contributed by atoms with Crippen molar-refractivity contribution in [3.63, 3.8) is 0 Å². The normalized spacial score (nSPS) is 17.2. The molecule has 8 nitrogen and oxygen atoms in total. The first-order valence-corrected chi connectivity index (χ1v) is 8.50. The molecule has 3 N–H and O–H groups in total. The lowest BCUT2D eigenvalue weighted by molar-refractivity contribution is -0.130. The third-order valence-electron chi connectivity index (χ3n) is 4.22. The number of nitrogens with one attached hydrogen (secondary N) is 1. The Labute approximate surface area is 147 Å². The van der Waals surface area contributed by atoms with Crippen molar-refractivity contribution < 1.29 is 14.4 Å². The van der Waals surface area contributed by atoms with Gasteiger partial charge in [0, 0.05) is 43.7 Å². The van der Waals surface area contributed by atoms with E-state index >= 15 is 0 Å². The summed E-state index contributed by atoms with van der Waals surface area (Å²) in [7, 11) is 0. The Balaban J connectivity index is 2.01. The number of likely N-dealkylation sites (tertiary alicyclic amines) is 1. The van der Waals surface area contributed by atoms with Gasteiger partial charge < -0.3 is 16.0 Å². The van der Waals surface area contributed by atoms with E-state index in [1.807, 2.05) is 17.9 Å². The fourth-order valence-corrected chi connectivity index (χ4v) is 2.96. The Bertz CT molecular complexity index is 662. The van der Waals surface area contributed by atoms with Crippen molar-refractivity contribution in [2.24, 2.45) is 5.73 Å². The smallest absolute Gasteiger partial charge is 0.236 e. The van der Waals surface area contributed by atoms with Gasteiger partial charge in [-0.3, -0.25) is 14.4 Å². The number of hydrogen-bond acceptors (Lipinski definition) is 5. The van der Waals surface area contributed by atoms with Crippen LogP contribution in [0.25, 0.3) is 0 Å². The highest BCUT2D eigenvalue weighted by atomic mass is 16.2. The molecule has 0 radical (unpaired) electrons. The summed E-state index contributed by atoms with van der Waals surface area (Å²) in [6, 6.07) is 1.86. The second-order valence-corrected chi connectivity index (χ2v) is 6.41. The van der Waals surface area contributed by atoms with E-state index in [0.717, 1.165) is 36.6 Å². The number of nitrogens with two attached hydrogens (primary N) is 1. The highest BCUT2D eigenvalue weighted by Gasteiger charge is 2.25. The molecule has 0 aliphatic carbocycles. The molecule has 1 atom stereocenters. The van der Waals surface area contributed by atoms with Crippen LogP contribution in [0.5, 0.6) is 0 Å². The first kappa shape index (κ1) is 18.8. The second-order valence-electron chi connectivity index (χ2n) is 6.41. The largest absolute Gasteiger partial charge is 0.368 e. The van der Waals surface area contributed by atoms with E-state index < -0.39 is 5.91 Å². The van der Waals surface area contributed by atoms with Crippen LogP contribution < -0.4 is 11.1 Å². The SMILES string of the molecule is CC(=O)N1CCC[C@@H](c2nc(C)cc(CCC(=O)NCC(N)=O)n2)C1. The van der Waals surface area contributed by atoms with Gasteiger partial charge >= 0.3 is 0 Å². The topological polar surface area (TPSA) is 118 Å². The molecule has 0 spiro atoms. The summed E-state index contributed by atoms with van der Waals surface area (Å²) in [4.78, 5) is 44.9. The van der Waals surface area contributed by atoms with Gasteiger partial charge in [-0.1, -0.05) is 0 Å². The molecule has 1 aliphatic heterocycles. The molecule has 0 saturated carbocycles. The quantitative estimate of drug-likeness (QED) is 0.753. The Morgan fingerprint density at radius 2 is 2.12 bits per heavy atom. The maximum absolute atomic E-state index is 11.7. The minimum Gasteiger partial charge on any atom is -0.368 e. The van der Waals surface area contributed by atoms with E-state index in [1.54, 1.807) is 6.92 Å². The molecule has 0 unspecified atom stereocenters. The Morgan fingerprint density at radius 1 is 1.36 bits per heavy atom. The molecular formula is C17H25N5O3. The molecule has 0 aromatic carbocycles. The van der Waals surface area contributed by atoms with Gasteiger partial charge in [-0.05, 0) is 32.3 Å². The van der Waals surface area contributed by atoms with E-state index in [9.17, 15) is 14.4 Å². The zero-order chi connectivity index (χ0) is 18.4. The van der Waals surface area contributed by atoms with Crippen molar-refractivity contribution in [3.05, 3.63) is 23.3 Å². The third-order valence-corrected chi connectivity index (χ3v) is 4.22. The van der Waals surface area contributed by atoms with Crippen molar-refractivity contribution >= 4 is 17.7 Å². The Hall–Kier alpha value is -2.51. The van der Waals surface area contributed by atoms with Crippen molar-refractivity contribution in [2.45, 2.75) is 45.4 Å². The fourth-order valence-electron chi connectivity index (χ4n) is 2.96. The lowest BCUT2D eigenvalue weighted by Gasteiger charge is -2.31. The van der Waals surface area contributed by atoms with E-state index in [2.05, 4.69) is 15.3 Å². The van der Waals surface area contributed by atoms with Gasteiger partial charge in [0.05, 0.1) is 6.54 Å². The number of hydrogen-bond donors (Lipinski definition) is 2. The molecule has 1 aromatic rings. The van der Waals surface area contributed by atoms with Crippen molar-refractivity contribution in [1.82, 2.24) is 20.2 Å².